The highest BCUT2D eigenvalue weighted by atomic mass is 35.5. The number of hydrogen-bond donors (Lipinski definition) is 2. The van der Waals surface area contributed by atoms with Crippen molar-refractivity contribution in [2.45, 2.75) is 19.8 Å². The van der Waals surface area contributed by atoms with Gasteiger partial charge in [0.15, 0.2) is 5.69 Å². The maximum atomic E-state index is 12.5. The van der Waals surface area contributed by atoms with Crippen LogP contribution in [0.15, 0.2) is 30.3 Å². The van der Waals surface area contributed by atoms with Gasteiger partial charge in [-0.2, -0.15) is 5.10 Å². The molecule has 0 radical (unpaired) electrons. The summed E-state index contributed by atoms with van der Waals surface area (Å²) in [6.45, 7) is 3.03. The van der Waals surface area contributed by atoms with Crippen molar-refractivity contribution in [3.05, 3.63) is 46.7 Å². The van der Waals surface area contributed by atoms with Crippen LogP contribution in [0.1, 0.15) is 29.0 Å². The second-order valence-corrected chi connectivity index (χ2v) is 7.10. The van der Waals surface area contributed by atoms with Crippen molar-refractivity contribution in [2.24, 2.45) is 11.8 Å². The number of ether oxygens (including phenoxy) is 1. The van der Waals surface area contributed by atoms with Gasteiger partial charge in [-0.15, -0.1) is 0 Å². The summed E-state index contributed by atoms with van der Waals surface area (Å²) >= 11 is 6.02. The number of carboxylic acids is 1. The van der Waals surface area contributed by atoms with Crippen LogP contribution in [-0.4, -0.2) is 46.5 Å². The van der Waals surface area contributed by atoms with E-state index in [0.717, 1.165) is 11.4 Å². The maximum absolute atomic E-state index is 12.5. The monoisotopic (exact) mass is 391 g/mol. The summed E-state index contributed by atoms with van der Waals surface area (Å²) in [5.74, 6) is -1.92. The number of hydrogen-bond acceptors (Lipinski definition) is 4. The van der Waals surface area contributed by atoms with E-state index in [9.17, 15) is 14.7 Å². The van der Waals surface area contributed by atoms with Gasteiger partial charge in [-0.3, -0.25) is 9.59 Å². The second-order valence-electron chi connectivity index (χ2n) is 6.67. The van der Waals surface area contributed by atoms with Gasteiger partial charge in [0.25, 0.3) is 5.91 Å². The standard InChI is InChI=1S/C19H22ClN3O4/c1-12-9-17(22-23(12)15-4-2-3-14(20)10-15)18(24)21-11-16(19(25)26)13-5-7-27-8-6-13/h2-4,9-10,13,16H,5-8,11H2,1H3,(H,21,24)(H,25,26). The third-order valence-electron chi connectivity index (χ3n) is 4.81. The zero-order valence-electron chi connectivity index (χ0n) is 15.0. The summed E-state index contributed by atoms with van der Waals surface area (Å²) in [5, 5.41) is 17.1. The van der Waals surface area contributed by atoms with Crippen molar-refractivity contribution < 1.29 is 19.4 Å². The number of nitrogens with one attached hydrogen (secondary N) is 1. The van der Waals surface area contributed by atoms with Crippen LogP contribution in [0.4, 0.5) is 0 Å². The van der Waals surface area contributed by atoms with E-state index >= 15 is 0 Å². The molecule has 1 atom stereocenters. The largest absolute Gasteiger partial charge is 0.481 e. The number of benzene rings is 1. The molecule has 1 aromatic carbocycles. The van der Waals surface area contributed by atoms with Crippen molar-refractivity contribution in [1.29, 1.82) is 0 Å². The molecule has 2 N–H and O–H groups in total. The molecular weight excluding hydrogens is 370 g/mol. The molecule has 144 valence electrons. The molecule has 0 bridgehead atoms. The second kappa shape index (κ2) is 8.54. The zero-order valence-corrected chi connectivity index (χ0v) is 15.8. The van der Waals surface area contributed by atoms with Gasteiger partial charge in [0.1, 0.15) is 0 Å². The van der Waals surface area contributed by atoms with Crippen molar-refractivity contribution in [3.8, 4) is 5.69 Å². The quantitative estimate of drug-likeness (QED) is 0.789. The Bertz CT molecular complexity index is 830. The number of carbonyl (C=O) groups excluding carboxylic acids is 1. The third-order valence-corrected chi connectivity index (χ3v) is 5.04. The Labute approximate surface area is 162 Å². The third kappa shape index (κ3) is 4.67. The van der Waals surface area contributed by atoms with Gasteiger partial charge >= 0.3 is 5.97 Å². The molecule has 2 aromatic rings. The number of aryl methyl sites for hydroxylation is 1. The first-order valence-corrected chi connectivity index (χ1v) is 9.25. The number of nitrogens with zero attached hydrogens (tertiary/aromatic N) is 2. The Morgan fingerprint density at radius 3 is 2.78 bits per heavy atom. The van der Waals surface area contributed by atoms with E-state index in [4.69, 9.17) is 16.3 Å². The number of aromatic nitrogens is 2. The van der Waals surface area contributed by atoms with Crippen molar-refractivity contribution in [2.75, 3.05) is 19.8 Å². The lowest BCUT2D eigenvalue weighted by Crippen LogP contribution is -2.39. The maximum Gasteiger partial charge on any atom is 0.308 e. The van der Waals surface area contributed by atoms with Crippen LogP contribution < -0.4 is 5.32 Å². The lowest BCUT2D eigenvalue weighted by Gasteiger charge is -2.27. The van der Waals surface area contributed by atoms with E-state index in [2.05, 4.69) is 10.4 Å². The molecule has 1 aromatic heterocycles. The van der Waals surface area contributed by atoms with E-state index in [0.29, 0.717) is 31.1 Å². The fraction of sp³-hybridized carbons (Fsp3) is 0.421. The SMILES string of the molecule is Cc1cc(C(=O)NCC(C(=O)O)C2CCOCC2)nn1-c1cccc(Cl)c1. The first kappa shape index (κ1) is 19.4. The fourth-order valence-corrected chi connectivity index (χ4v) is 3.51. The van der Waals surface area contributed by atoms with Gasteiger partial charge < -0.3 is 15.2 Å². The summed E-state index contributed by atoms with van der Waals surface area (Å²) in [6, 6.07) is 8.85. The first-order valence-electron chi connectivity index (χ1n) is 8.87. The van der Waals surface area contributed by atoms with Crippen LogP contribution in [0.5, 0.6) is 0 Å². The predicted octanol–water partition coefficient (Wildman–Crippen LogP) is 2.69. The summed E-state index contributed by atoms with van der Waals surface area (Å²) in [5.41, 5.74) is 1.77. The van der Waals surface area contributed by atoms with Crippen LogP contribution in [0, 0.1) is 18.8 Å². The summed E-state index contributed by atoms with van der Waals surface area (Å²) in [7, 11) is 0. The van der Waals surface area contributed by atoms with Gasteiger partial charge in [-0.05, 0) is 49.9 Å². The molecule has 0 spiro atoms. The van der Waals surface area contributed by atoms with E-state index in [1.54, 1.807) is 22.9 Å². The molecule has 1 aliphatic rings. The van der Waals surface area contributed by atoms with Crippen molar-refractivity contribution in [3.63, 3.8) is 0 Å². The molecule has 1 saturated heterocycles. The highest BCUT2D eigenvalue weighted by Gasteiger charge is 2.30. The Kier molecular flexibility index (Phi) is 6.13. The minimum Gasteiger partial charge on any atom is -0.481 e. The minimum atomic E-state index is -0.900. The van der Waals surface area contributed by atoms with Gasteiger partial charge in [0.05, 0.1) is 11.6 Å². The number of aliphatic carboxylic acids is 1. The smallest absolute Gasteiger partial charge is 0.308 e. The highest BCUT2D eigenvalue weighted by Crippen LogP contribution is 2.24. The molecular formula is C19H22ClN3O4. The molecule has 3 rings (SSSR count). The number of rotatable bonds is 6. The average molecular weight is 392 g/mol. The van der Waals surface area contributed by atoms with Crippen LogP contribution in [-0.2, 0) is 9.53 Å². The van der Waals surface area contributed by atoms with E-state index in [1.807, 2.05) is 19.1 Å². The van der Waals surface area contributed by atoms with Crippen molar-refractivity contribution >= 4 is 23.5 Å². The molecule has 0 saturated carbocycles. The van der Waals surface area contributed by atoms with Gasteiger partial charge in [0, 0.05) is 30.5 Å². The lowest BCUT2D eigenvalue weighted by atomic mass is 9.86. The summed E-state index contributed by atoms with van der Waals surface area (Å²) < 4.78 is 6.92. The van der Waals surface area contributed by atoms with Crippen LogP contribution in [0.25, 0.3) is 5.69 Å². The number of carboxylic acid groups (broad SMARTS) is 1. The van der Waals surface area contributed by atoms with Gasteiger partial charge in [-0.1, -0.05) is 17.7 Å². The summed E-state index contributed by atoms with van der Waals surface area (Å²) in [4.78, 5) is 24.1. The molecule has 1 fully saturated rings. The fourth-order valence-electron chi connectivity index (χ4n) is 3.32. The molecule has 7 nitrogen and oxygen atoms in total. The molecule has 1 aliphatic heterocycles. The van der Waals surface area contributed by atoms with E-state index in [1.165, 1.54) is 0 Å². The van der Waals surface area contributed by atoms with Crippen LogP contribution >= 0.6 is 11.6 Å². The molecule has 1 amide bonds. The highest BCUT2D eigenvalue weighted by molar-refractivity contribution is 6.30. The van der Waals surface area contributed by atoms with Gasteiger partial charge in [0.2, 0.25) is 0 Å². The normalized spacial score (nSPS) is 16.1. The Balaban J connectivity index is 1.69. The molecule has 0 aliphatic carbocycles. The Hall–Kier alpha value is -2.38. The number of carbonyl (C=O) groups is 2. The van der Waals surface area contributed by atoms with Crippen LogP contribution in [0.3, 0.4) is 0 Å². The van der Waals surface area contributed by atoms with Crippen molar-refractivity contribution in [1.82, 2.24) is 15.1 Å². The van der Waals surface area contributed by atoms with E-state index in [-0.39, 0.29) is 18.2 Å². The number of halogens is 1. The summed E-state index contributed by atoms with van der Waals surface area (Å²) in [6.07, 6.45) is 1.38. The molecule has 8 heteroatoms. The number of amides is 1. The zero-order chi connectivity index (χ0) is 19.4. The van der Waals surface area contributed by atoms with Gasteiger partial charge in [-0.25, -0.2) is 4.68 Å². The predicted molar refractivity (Wildman–Crippen MR) is 100 cm³/mol. The first-order chi connectivity index (χ1) is 13.0. The Morgan fingerprint density at radius 1 is 1.37 bits per heavy atom. The topological polar surface area (TPSA) is 93.5 Å². The Morgan fingerprint density at radius 2 is 2.11 bits per heavy atom. The molecule has 1 unspecified atom stereocenters. The molecule has 2 heterocycles. The average Bonchev–Trinajstić information content (AvgIpc) is 3.04. The molecule has 27 heavy (non-hydrogen) atoms. The van der Waals surface area contributed by atoms with Crippen LogP contribution in [0.2, 0.25) is 5.02 Å². The van der Waals surface area contributed by atoms with E-state index < -0.39 is 17.8 Å². The lowest BCUT2D eigenvalue weighted by molar-refractivity contribution is -0.144. The minimum absolute atomic E-state index is 0.00213.